The van der Waals surface area contributed by atoms with Crippen LogP contribution in [0.15, 0.2) is 12.4 Å². The van der Waals surface area contributed by atoms with Crippen molar-refractivity contribution in [3.63, 3.8) is 0 Å². The number of nitrogens with zero attached hydrogens (tertiary/aromatic N) is 2. The number of hydrogen-bond donors (Lipinski definition) is 1. The molecule has 112 valence electrons. The molecule has 1 rings (SSSR count). The van der Waals surface area contributed by atoms with Gasteiger partial charge in [0.05, 0.1) is 25.2 Å². The third-order valence-electron chi connectivity index (χ3n) is 1.72. The molecule has 8 nitrogen and oxygen atoms in total. The second-order valence-corrected chi connectivity index (χ2v) is 6.55. The normalized spacial score (nSPS) is 11.8. The van der Waals surface area contributed by atoms with Crippen molar-refractivity contribution in [1.29, 1.82) is 0 Å². The molecule has 0 aliphatic rings. The lowest BCUT2D eigenvalue weighted by atomic mass is 10.2. The van der Waals surface area contributed by atoms with Gasteiger partial charge in [-0.05, 0) is 20.8 Å². The van der Waals surface area contributed by atoms with Crippen LogP contribution in [0.25, 0.3) is 0 Å². The highest BCUT2D eigenvalue weighted by molar-refractivity contribution is 7.86. The quantitative estimate of drug-likeness (QED) is 0.821. The third kappa shape index (κ3) is 6.88. The molecule has 0 saturated heterocycles. The first kappa shape index (κ1) is 16.2. The Kier molecular flexibility index (Phi) is 4.88. The molecular formula is C11H17N3O5S. The first-order valence-corrected chi connectivity index (χ1v) is 7.54. The summed E-state index contributed by atoms with van der Waals surface area (Å²) < 4.78 is 31.4. The number of amides is 1. The standard InChI is InChI=1S/C11H17N3O5S/c1-11(2,3)18-10(15)14-7-9-12-5-8(6-13-9)19-20(4,16)17/h5-6H,7H2,1-4H3,(H,14,15). The van der Waals surface area contributed by atoms with Gasteiger partial charge in [0.2, 0.25) is 0 Å². The average Bonchev–Trinajstić information content (AvgIpc) is 2.23. The van der Waals surface area contributed by atoms with Crippen LogP contribution in [0.2, 0.25) is 0 Å². The molecule has 0 aliphatic heterocycles. The Balaban J connectivity index is 2.52. The van der Waals surface area contributed by atoms with E-state index in [1.165, 1.54) is 12.4 Å². The van der Waals surface area contributed by atoms with Crippen LogP contribution in [0.4, 0.5) is 4.79 Å². The van der Waals surface area contributed by atoms with Gasteiger partial charge in [0, 0.05) is 0 Å². The van der Waals surface area contributed by atoms with Crippen molar-refractivity contribution >= 4 is 16.2 Å². The minimum absolute atomic E-state index is 0.00789. The molecule has 0 radical (unpaired) electrons. The van der Waals surface area contributed by atoms with Crippen molar-refractivity contribution in [3.8, 4) is 5.75 Å². The maximum atomic E-state index is 11.4. The molecule has 0 fully saturated rings. The van der Waals surface area contributed by atoms with Gasteiger partial charge in [-0.25, -0.2) is 14.8 Å². The number of nitrogens with one attached hydrogen (secondary N) is 1. The van der Waals surface area contributed by atoms with Crippen LogP contribution in [0, 0.1) is 0 Å². The topological polar surface area (TPSA) is 107 Å². The average molecular weight is 303 g/mol. The SMILES string of the molecule is CC(C)(C)OC(=O)NCc1ncc(OS(C)(=O)=O)cn1. The zero-order valence-electron chi connectivity index (χ0n) is 11.7. The summed E-state index contributed by atoms with van der Waals surface area (Å²) in [7, 11) is -3.61. The second-order valence-electron chi connectivity index (χ2n) is 4.98. The predicted octanol–water partition coefficient (Wildman–Crippen LogP) is 0.840. The number of rotatable bonds is 4. The van der Waals surface area contributed by atoms with Gasteiger partial charge in [-0.15, -0.1) is 0 Å². The Labute approximate surface area is 117 Å². The summed E-state index contributed by atoms with van der Waals surface area (Å²) >= 11 is 0. The van der Waals surface area contributed by atoms with E-state index in [2.05, 4.69) is 19.5 Å². The summed E-state index contributed by atoms with van der Waals surface area (Å²) in [5.41, 5.74) is -0.585. The molecule has 0 saturated carbocycles. The van der Waals surface area contributed by atoms with Gasteiger partial charge in [0.15, 0.2) is 5.75 Å². The van der Waals surface area contributed by atoms with E-state index in [0.29, 0.717) is 5.82 Å². The van der Waals surface area contributed by atoms with Crippen LogP contribution in [0.1, 0.15) is 26.6 Å². The summed E-state index contributed by atoms with van der Waals surface area (Å²) in [6.07, 6.45) is 2.75. The summed E-state index contributed by atoms with van der Waals surface area (Å²) in [6.45, 7) is 5.31. The molecule has 1 aromatic rings. The lowest BCUT2D eigenvalue weighted by molar-refractivity contribution is 0.0522. The molecule has 1 heterocycles. The van der Waals surface area contributed by atoms with Crippen molar-refractivity contribution in [2.45, 2.75) is 32.9 Å². The zero-order chi connectivity index (χ0) is 15.4. The fourth-order valence-corrected chi connectivity index (χ4v) is 1.55. The lowest BCUT2D eigenvalue weighted by Gasteiger charge is -2.19. The summed E-state index contributed by atoms with van der Waals surface area (Å²) in [5, 5.41) is 2.48. The number of hydrogen-bond acceptors (Lipinski definition) is 7. The predicted molar refractivity (Wildman–Crippen MR) is 70.6 cm³/mol. The van der Waals surface area contributed by atoms with Crippen molar-refractivity contribution < 1.29 is 22.1 Å². The smallest absolute Gasteiger partial charge is 0.408 e. The molecule has 0 atom stereocenters. The minimum Gasteiger partial charge on any atom is -0.444 e. The van der Waals surface area contributed by atoms with Crippen LogP contribution >= 0.6 is 0 Å². The van der Waals surface area contributed by atoms with Crippen molar-refractivity contribution in [3.05, 3.63) is 18.2 Å². The second kappa shape index (κ2) is 6.04. The van der Waals surface area contributed by atoms with Crippen molar-refractivity contribution in [2.24, 2.45) is 0 Å². The fraction of sp³-hybridized carbons (Fsp3) is 0.545. The van der Waals surface area contributed by atoms with Gasteiger partial charge >= 0.3 is 16.2 Å². The summed E-state index contributed by atoms with van der Waals surface area (Å²) in [6, 6.07) is 0. The van der Waals surface area contributed by atoms with E-state index in [4.69, 9.17) is 4.74 Å². The molecule has 0 spiro atoms. The van der Waals surface area contributed by atoms with Crippen LogP contribution in [-0.2, 0) is 21.4 Å². The Bertz CT molecular complexity index is 563. The van der Waals surface area contributed by atoms with Crippen molar-refractivity contribution in [2.75, 3.05) is 6.26 Å². The fourth-order valence-electron chi connectivity index (χ4n) is 1.12. The first-order chi connectivity index (χ1) is 9.05. The van der Waals surface area contributed by atoms with Crippen LogP contribution < -0.4 is 9.50 Å². The lowest BCUT2D eigenvalue weighted by Crippen LogP contribution is -2.32. The molecule has 0 bridgehead atoms. The van der Waals surface area contributed by atoms with Gasteiger partial charge in [0.25, 0.3) is 0 Å². The molecule has 1 aromatic heterocycles. The minimum atomic E-state index is -3.61. The molecule has 0 aliphatic carbocycles. The summed E-state index contributed by atoms with van der Waals surface area (Å²) in [5.74, 6) is 0.310. The molecule has 0 unspecified atom stereocenters. The molecule has 1 N–H and O–H groups in total. The van der Waals surface area contributed by atoms with E-state index in [9.17, 15) is 13.2 Å². The maximum absolute atomic E-state index is 11.4. The first-order valence-electron chi connectivity index (χ1n) is 5.72. The Morgan fingerprint density at radius 1 is 1.30 bits per heavy atom. The third-order valence-corrected chi connectivity index (χ3v) is 2.21. The zero-order valence-corrected chi connectivity index (χ0v) is 12.5. The largest absolute Gasteiger partial charge is 0.444 e. The van der Waals surface area contributed by atoms with Gasteiger partial charge in [0.1, 0.15) is 11.4 Å². The molecule has 20 heavy (non-hydrogen) atoms. The number of ether oxygens (including phenoxy) is 1. The molecule has 9 heteroatoms. The highest BCUT2D eigenvalue weighted by atomic mass is 32.2. The molecule has 0 aromatic carbocycles. The highest BCUT2D eigenvalue weighted by Gasteiger charge is 2.16. The Morgan fingerprint density at radius 3 is 2.30 bits per heavy atom. The van der Waals surface area contributed by atoms with Crippen molar-refractivity contribution in [1.82, 2.24) is 15.3 Å². The maximum Gasteiger partial charge on any atom is 0.408 e. The number of carbonyl (C=O) groups is 1. The van der Waals surface area contributed by atoms with E-state index in [-0.39, 0.29) is 12.3 Å². The van der Waals surface area contributed by atoms with Crippen LogP contribution in [-0.4, -0.2) is 36.3 Å². The van der Waals surface area contributed by atoms with Crippen LogP contribution in [0.3, 0.4) is 0 Å². The Hall–Kier alpha value is -1.90. The van der Waals surface area contributed by atoms with E-state index >= 15 is 0 Å². The molecular weight excluding hydrogens is 286 g/mol. The summed E-state index contributed by atoms with van der Waals surface area (Å²) in [4.78, 5) is 19.1. The van der Waals surface area contributed by atoms with Gasteiger partial charge in [-0.1, -0.05) is 0 Å². The highest BCUT2D eigenvalue weighted by Crippen LogP contribution is 2.09. The number of carbonyl (C=O) groups excluding carboxylic acids is 1. The van der Waals surface area contributed by atoms with Gasteiger partial charge < -0.3 is 14.2 Å². The number of alkyl carbamates (subject to hydrolysis) is 1. The van der Waals surface area contributed by atoms with E-state index in [0.717, 1.165) is 6.26 Å². The monoisotopic (exact) mass is 303 g/mol. The van der Waals surface area contributed by atoms with Gasteiger partial charge in [-0.3, -0.25) is 0 Å². The van der Waals surface area contributed by atoms with E-state index < -0.39 is 21.8 Å². The van der Waals surface area contributed by atoms with Crippen LogP contribution in [0.5, 0.6) is 5.75 Å². The van der Waals surface area contributed by atoms with E-state index in [1.807, 2.05) is 0 Å². The van der Waals surface area contributed by atoms with E-state index in [1.54, 1.807) is 20.8 Å². The number of aromatic nitrogens is 2. The Morgan fingerprint density at radius 2 is 1.85 bits per heavy atom. The molecule has 1 amide bonds. The van der Waals surface area contributed by atoms with Gasteiger partial charge in [-0.2, -0.15) is 8.42 Å².